The molecule has 1 amide bonds. The van der Waals surface area contributed by atoms with Crippen LogP contribution in [0.3, 0.4) is 0 Å². The van der Waals surface area contributed by atoms with E-state index in [9.17, 15) is 13.2 Å². The van der Waals surface area contributed by atoms with E-state index in [1.165, 1.54) is 27.4 Å². The lowest BCUT2D eigenvalue weighted by Gasteiger charge is -2.29. The molecule has 1 aliphatic rings. The number of anilines is 1. The number of hydrogen-bond donors (Lipinski definition) is 1. The van der Waals surface area contributed by atoms with E-state index in [-0.39, 0.29) is 17.6 Å². The first-order valence-electron chi connectivity index (χ1n) is 7.32. The molecule has 0 bridgehead atoms. The average Bonchev–Trinajstić information content (AvgIpc) is 3.00. The smallest absolute Gasteiger partial charge is 0.229 e. The molecule has 0 atom stereocenters. The lowest BCUT2D eigenvalue weighted by molar-refractivity contribution is -0.120. The second-order valence-corrected chi connectivity index (χ2v) is 9.54. The molecule has 0 radical (unpaired) electrons. The number of sulfonamides is 1. The first-order valence-corrected chi connectivity index (χ1v) is 10.7. The second kappa shape index (κ2) is 8.22. The molecule has 1 aromatic heterocycles. The van der Waals surface area contributed by atoms with Gasteiger partial charge in [0.15, 0.2) is 4.34 Å². The fourth-order valence-corrected chi connectivity index (χ4v) is 4.88. The van der Waals surface area contributed by atoms with Gasteiger partial charge in [0, 0.05) is 24.8 Å². The van der Waals surface area contributed by atoms with Crippen molar-refractivity contribution in [3.8, 4) is 0 Å². The summed E-state index contributed by atoms with van der Waals surface area (Å²) in [6, 6.07) is 0. The van der Waals surface area contributed by atoms with Crippen LogP contribution < -0.4 is 5.32 Å². The summed E-state index contributed by atoms with van der Waals surface area (Å²) in [5, 5.41) is 11.2. The molecule has 128 valence electrons. The minimum absolute atomic E-state index is 0.0970. The maximum absolute atomic E-state index is 12.3. The van der Waals surface area contributed by atoms with E-state index in [0.29, 0.717) is 31.1 Å². The van der Waals surface area contributed by atoms with Gasteiger partial charge in [-0.25, -0.2) is 12.7 Å². The zero-order valence-electron chi connectivity index (χ0n) is 12.9. The number of hydrogen-bond acceptors (Lipinski definition) is 7. The lowest BCUT2D eigenvalue weighted by atomic mass is 9.97. The zero-order chi connectivity index (χ0) is 16.9. The fourth-order valence-electron chi connectivity index (χ4n) is 2.24. The van der Waals surface area contributed by atoms with Crippen LogP contribution in [-0.2, 0) is 14.8 Å². The molecule has 0 unspecified atom stereocenters. The Balaban J connectivity index is 1.85. The second-order valence-electron chi connectivity index (χ2n) is 5.04. The molecule has 1 saturated heterocycles. The lowest BCUT2D eigenvalue weighted by Crippen LogP contribution is -2.42. The van der Waals surface area contributed by atoms with Crippen LogP contribution in [0, 0.1) is 5.92 Å². The molecule has 23 heavy (non-hydrogen) atoms. The van der Waals surface area contributed by atoms with E-state index in [2.05, 4.69) is 22.1 Å². The fraction of sp³-hybridized carbons (Fsp3) is 0.615. The number of aromatic nitrogens is 2. The summed E-state index contributed by atoms with van der Waals surface area (Å²) in [5.74, 6) is 0.536. The first kappa shape index (κ1) is 18.4. The standard InChI is InChI=1S/C13H20N4O3S3/c1-3-9-21-13-16-15-12(22-13)14-11(18)10-5-7-17(8-6-10)23(19,20)4-2/h3,10H,1,4-9H2,2H3,(H,14,15,18). The van der Waals surface area contributed by atoms with Gasteiger partial charge in [-0.15, -0.1) is 16.8 Å². The van der Waals surface area contributed by atoms with E-state index >= 15 is 0 Å². The van der Waals surface area contributed by atoms with Crippen LogP contribution in [0.1, 0.15) is 19.8 Å². The Hall–Kier alpha value is -0.970. The molecule has 0 saturated carbocycles. The molecule has 10 heteroatoms. The van der Waals surface area contributed by atoms with Gasteiger partial charge in [0.1, 0.15) is 0 Å². The van der Waals surface area contributed by atoms with Gasteiger partial charge in [-0.05, 0) is 19.8 Å². The van der Waals surface area contributed by atoms with Gasteiger partial charge in [0.05, 0.1) is 5.75 Å². The molecule has 2 rings (SSSR count). The highest BCUT2D eigenvalue weighted by atomic mass is 32.2. The third-order valence-electron chi connectivity index (χ3n) is 3.54. The summed E-state index contributed by atoms with van der Waals surface area (Å²) >= 11 is 2.84. The molecule has 0 spiro atoms. The maximum atomic E-state index is 12.3. The van der Waals surface area contributed by atoms with Crippen LogP contribution in [0.25, 0.3) is 0 Å². The van der Waals surface area contributed by atoms with Crippen molar-refractivity contribution in [3.63, 3.8) is 0 Å². The van der Waals surface area contributed by atoms with Crippen molar-refractivity contribution in [2.24, 2.45) is 5.92 Å². The van der Waals surface area contributed by atoms with Crippen LogP contribution in [0.15, 0.2) is 17.0 Å². The van der Waals surface area contributed by atoms with Crippen LogP contribution in [0.2, 0.25) is 0 Å². The monoisotopic (exact) mass is 376 g/mol. The Morgan fingerprint density at radius 2 is 2.17 bits per heavy atom. The van der Waals surface area contributed by atoms with Crippen molar-refractivity contribution in [1.29, 1.82) is 0 Å². The van der Waals surface area contributed by atoms with Crippen LogP contribution >= 0.6 is 23.1 Å². The summed E-state index contributed by atoms with van der Waals surface area (Å²) in [7, 11) is -3.16. The number of thioether (sulfide) groups is 1. The number of nitrogens with zero attached hydrogens (tertiary/aromatic N) is 3. The molecule has 1 aromatic rings. The van der Waals surface area contributed by atoms with Crippen molar-refractivity contribution in [3.05, 3.63) is 12.7 Å². The van der Waals surface area contributed by atoms with Crippen molar-refractivity contribution in [1.82, 2.24) is 14.5 Å². The Labute approximate surface area is 144 Å². The van der Waals surface area contributed by atoms with Gasteiger partial charge in [0.2, 0.25) is 21.1 Å². The SMILES string of the molecule is C=CCSc1nnc(NC(=O)C2CCN(S(=O)(=O)CC)CC2)s1. The minimum Gasteiger partial charge on any atom is -0.300 e. The van der Waals surface area contributed by atoms with Gasteiger partial charge in [-0.1, -0.05) is 29.2 Å². The summed E-state index contributed by atoms with van der Waals surface area (Å²) in [6.45, 7) is 6.06. The zero-order valence-corrected chi connectivity index (χ0v) is 15.3. The number of carbonyl (C=O) groups is 1. The van der Waals surface area contributed by atoms with E-state index in [0.717, 1.165) is 10.1 Å². The predicted molar refractivity (Wildman–Crippen MR) is 93.2 cm³/mol. The first-order chi connectivity index (χ1) is 11.0. The molecule has 0 aliphatic carbocycles. The van der Waals surface area contributed by atoms with Crippen molar-refractivity contribution >= 4 is 44.2 Å². The topological polar surface area (TPSA) is 92.3 Å². The summed E-state index contributed by atoms with van der Waals surface area (Å²) in [5.41, 5.74) is 0. The van der Waals surface area contributed by atoms with Crippen molar-refractivity contribution < 1.29 is 13.2 Å². The summed E-state index contributed by atoms with van der Waals surface area (Å²) in [4.78, 5) is 12.3. The molecule has 1 aliphatic heterocycles. The van der Waals surface area contributed by atoms with E-state index in [1.54, 1.807) is 13.0 Å². The van der Waals surface area contributed by atoms with Crippen molar-refractivity contribution in [2.45, 2.75) is 24.1 Å². The van der Waals surface area contributed by atoms with Gasteiger partial charge < -0.3 is 5.32 Å². The average molecular weight is 377 g/mol. The van der Waals surface area contributed by atoms with Crippen LogP contribution in [-0.4, -0.2) is 53.4 Å². The summed E-state index contributed by atoms with van der Waals surface area (Å²) < 4.78 is 25.9. The predicted octanol–water partition coefficient (Wildman–Crippen LogP) is 1.82. The van der Waals surface area contributed by atoms with E-state index < -0.39 is 10.0 Å². The highest BCUT2D eigenvalue weighted by Gasteiger charge is 2.30. The molecule has 0 aromatic carbocycles. The number of amides is 1. The highest BCUT2D eigenvalue weighted by Crippen LogP contribution is 2.27. The normalized spacial score (nSPS) is 17.1. The molecule has 1 N–H and O–H groups in total. The molecular weight excluding hydrogens is 356 g/mol. The van der Waals surface area contributed by atoms with Crippen LogP contribution in [0.4, 0.5) is 5.13 Å². The van der Waals surface area contributed by atoms with Gasteiger partial charge in [-0.3, -0.25) is 4.79 Å². The number of carbonyl (C=O) groups excluding carboxylic acids is 1. The van der Waals surface area contributed by atoms with Crippen LogP contribution in [0.5, 0.6) is 0 Å². The maximum Gasteiger partial charge on any atom is 0.229 e. The molecule has 7 nitrogen and oxygen atoms in total. The van der Waals surface area contributed by atoms with Crippen molar-refractivity contribution in [2.75, 3.05) is 29.9 Å². The summed E-state index contributed by atoms with van der Waals surface area (Å²) in [6.07, 6.45) is 2.84. The van der Waals surface area contributed by atoms with Gasteiger partial charge in [-0.2, -0.15) is 0 Å². The number of nitrogens with one attached hydrogen (secondary N) is 1. The molecule has 1 fully saturated rings. The third kappa shape index (κ3) is 5.00. The van der Waals surface area contributed by atoms with E-state index in [4.69, 9.17) is 0 Å². The number of piperidine rings is 1. The molecular formula is C13H20N4O3S3. The Morgan fingerprint density at radius 1 is 1.48 bits per heavy atom. The molecule has 2 heterocycles. The Bertz CT molecular complexity index is 651. The van der Waals surface area contributed by atoms with E-state index in [1.807, 2.05) is 0 Å². The minimum atomic E-state index is -3.16. The largest absolute Gasteiger partial charge is 0.300 e. The number of rotatable bonds is 7. The highest BCUT2D eigenvalue weighted by molar-refractivity contribution is 8.01. The van der Waals surface area contributed by atoms with Gasteiger partial charge >= 0.3 is 0 Å². The Kier molecular flexibility index (Phi) is 6.57. The van der Waals surface area contributed by atoms with Gasteiger partial charge in [0.25, 0.3) is 0 Å². The third-order valence-corrected chi connectivity index (χ3v) is 7.39. The quantitative estimate of drug-likeness (QED) is 0.443. The Morgan fingerprint density at radius 3 is 2.78 bits per heavy atom.